The topological polar surface area (TPSA) is 84.8 Å². The van der Waals surface area contributed by atoms with Gasteiger partial charge in [0.1, 0.15) is 0 Å². The summed E-state index contributed by atoms with van der Waals surface area (Å²) in [4.78, 5) is 20.1. The van der Waals surface area contributed by atoms with Crippen LogP contribution in [0.2, 0.25) is 0 Å². The summed E-state index contributed by atoms with van der Waals surface area (Å²) in [5.41, 5.74) is 2.65. The highest BCUT2D eigenvalue weighted by Gasteiger charge is 2.36. The van der Waals surface area contributed by atoms with Crippen molar-refractivity contribution in [3.05, 3.63) is 42.2 Å². The molecule has 1 saturated heterocycles. The van der Waals surface area contributed by atoms with E-state index in [4.69, 9.17) is 4.74 Å². The number of aromatic nitrogens is 4. The van der Waals surface area contributed by atoms with Crippen LogP contribution in [0.15, 0.2) is 36.7 Å². The van der Waals surface area contributed by atoms with E-state index in [1.165, 1.54) is 0 Å². The van der Waals surface area contributed by atoms with Gasteiger partial charge in [0.15, 0.2) is 0 Å². The summed E-state index contributed by atoms with van der Waals surface area (Å²) in [6, 6.07) is 7.67. The Morgan fingerprint density at radius 2 is 2.30 bits per heavy atom. The van der Waals surface area contributed by atoms with E-state index < -0.39 is 0 Å². The van der Waals surface area contributed by atoms with Gasteiger partial charge in [-0.05, 0) is 18.6 Å². The van der Waals surface area contributed by atoms with E-state index in [-0.39, 0.29) is 17.9 Å². The molecule has 0 bridgehead atoms. The molecule has 1 aromatic carbocycles. The SMILES string of the molecule is Cn1cc([C@H]2OCC[C@@H]2C(=O)Nc2nc3ccccc3[nH]2)cn1. The number of ether oxygens (including phenoxy) is 1. The molecule has 1 aliphatic rings. The van der Waals surface area contributed by atoms with Crippen LogP contribution in [0.25, 0.3) is 11.0 Å². The molecule has 3 heterocycles. The number of benzene rings is 1. The minimum absolute atomic E-state index is 0.0876. The maximum atomic E-state index is 12.6. The Morgan fingerprint density at radius 3 is 3.09 bits per heavy atom. The zero-order valence-corrected chi connectivity index (χ0v) is 12.7. The lowest BCUT2D eigenvalue weighted by Crippen LogP contribution is -2.25. The Labute approximate surface area is 132 Å². The zero-order valence-electron chi connectivity index (χ0n) is 12.7. The molecule has 0 saturated carbocycles. The van der Waals surface area contributed by atoms with Crippen LogP contribution >= 0.6 is 0 Å². The number of rotatable bonds is 3. The molecule has 1 fully saturated rings. The van der Waals surface area contributed by atoms with Crippen molar-refractivity contribution in [3.8, 4) is 0 Å². The van der Waals surface area contributed by atoms with Gasteiger partial charge in [-0.15, -0.1) is 0 Å². The van der Waals surface area contributed by atoms with Gasteiger partial charge in [0.05, 0.1) is 29.3 Å². The van der Waals surface area contributed by atoms with Crippen molar-refractivity contribution in [2.75, 3.05) is 11.9 Å². The molecule has 118 valence electrons. The van der Waals surface area contributed by atoms with E-state index in [0.717, 1.165) is 16.6 Å². The van der Waals surface area contributed by atoms with Gasteiger partial charge in [0.2, 0.25) is 11.9 Å². The van der Waals surface area contributed by atoms with Crippen LogP contribution < -0.4 is 5.32 Å². The maximum Gasteiger partial charge on any atom is 0.232 e. The van der Waals surface area contributed by atoms with Gasteiger partial charge in [-0.1, -0.05) is 12.1 Å². The number of fused-ring (bicyclic) bond motifs is 1. The average molecular weight is 311 g/mol. The number of aryl methyl sites for hydroxylation is 1. The number of anilines is 1. The van der Waals surface area contributed by atoms with E-state index in [9.17, 15) is 4.79 Å². The summed E-state index contributed by atoms with van der Waals surface area (Å²) in [5.74, 6) is 0.135. The lowest BCUT2D eigenvalue weighted by Gasteiger charge is -2.15. The van der Waals surface area contributed by atoms with Gasteiger partial charge in [0, 0.05) is 25.4 Å². The second-order valence-corrected chi connectivity index (χ2v) is 5.73. The minimum atomic E-state index is -0.256. The van der Waals surface area contributed by atoms with Gasteiger partial charge in [-0.25, -0.2) is 4.98 Å². The highest BCUT2D eigenvalue weighted by Crippen LogP contribution is 2.35. The number of imidazole rings is 1. The number of hydrogen-bond donors (Lipinski definition) is 2. The van der Waals surface area contributed by atoms with Gasteiger partial charge in [0.25, 0.3) is 0 Å². The Balaban J connectivity index is 1.53. The molecule has 1 aliphatic heterocycles. The van der Waals surface area contributed by atoms with E-state index in [1.54, 1.807) is 10.9 Å². The summed E-state index contributed by atoms with van der Waals surface area (Å²) in [6.07, 6.45) is 4.06. The van der Waals surface area contributed by atoms with Crippen molar-refractivity contribution in [1.29, 1.82) is 0 Å². The lowest BCUT2D eigenvalue weighted by atomic mass is 9.96. The summed E-state index contributed by atoms with van der Waals surface area (Å²) in [7, 11) is 1.85. The second-order valence-electron chi connectivity index (χ2n) is 5.73. The van der Waals surface area contributed by atoms with E-state index >= 15 is 0 Å². The molecule has 1 amide bonds. The first-order valence-corrected chi connectivity index (χ1v) is 7.56. The molecule has 2 aromatic heterocycles. The smallest absolute Gasteiger partial charge is 0.232 e. The summed E-state index contributed by atoms with van der Waals surface area (Å²) in [5, 5.41) is 7.02. The number of aromatic amines is 1. The summed E-state index contributed by atoms with van der Waals surface area (Å²) < 4.78 is 7.45. The molecule has 7 nitrogen and oxygen atoms in total. The molecule has 23 heavy (non-hydrogen) atoms. The quantitative estimate of drug-likeness (QED) is 0.775. The van der Waals surface area contributed by atoms with Crippen molar-refractivity contribution < 1.29 is 9.53 Å². The van der Waals surface area contributed by atoms with Crippen molar-refractivity contribution in [3.63, 3.8) is 0 Å². The average Bonchev–Trinajstić information content (AvgIpc) is 3.24. The third-order valence-electron chi connectivity index (χ3n) is 4.11. The number of nitrogens with one attached hydrogen (secondary N) is 2. The lowest BCUT2D eigenvalue weighted by molar-refractivity contribution is -0.121. The molecule has 4 rings (SSSR count). The van der Waals surface area contributed by atoms with E-state index in [2.05, 4.69) is 20.4 Å². The Hall–Kier alpha value is -2.67. The summed E-state index contributed by atoms with van der Waals surface area (Å²) >= 11 is 0. The van der Waals surface area contributed by atoms with Crippen molar-refractivity contribution >= 4 is 22.9 Å². The molecular formula is C16H17N5O2. The van der Waals surface area contributed by atoms with E-state index in [0.29, 0.717) is 19.0 Å². The number of carbonyl (C=O) groups excluding carboxylic acids is 1. The van der Waals surface area contributed by atoms with Crippen molar-refractivity contribution in [2.45, 2.75) is 12.5 Å². The first-order valence-electron chi connectivity index (χ1n) is 7.56. The fraction of sp³-hybridized carbons (Fsp3) is 0.312. The monoisotopic (exact) mass is 311 g/mol. The number of H-pyrrole nitrogens is 1. The molecule has 7 heteroatoms. The highest BCUT2D eigenvalue weighted by atomic mass is 16.5. The fourth-order valence-corrected chi connectivity index (χ4v) is 3.00. The molecule has 0 radical (unpaired) electrons. The van der Waals surface area contributed by atoms with Crippen LogP contribution in [0.3, 0.4) is 0 Å². The molecule has 0 unspecified atom stereocenters. The predicted molar refractivity (Wildman–Crippen MR) is 84.7 cm³/mol. The van der Waals surface area contributed by atoms with Crippen LogP contribution in [0.1, 0.15) is 18.1 Å². The van der Waals surface area contributed by atoms with Crippen LogP contribution in [-0.4, -0.2) is 32.3 Å². The van der Waals surface area contributed by atoms with Crippen molar-refractivity contribution in [1.82, 2.24) is 19.7 Å². The van der Waals surface area contributed by atoms with Gasteiger partial charge >= 0.3 is 0 Å². The van der Waals surface area contributed by atoms with Crippen LogP contribution in [-0.2, 0) is 16.6 Å². The molecular weight excluding hydrogens is 294 g/mol. The predicted octanol–water partition coefficient (Wildman–Crippen LogP) is 2.01. The third-order valence-corrected chi connectivity index (χ3v) is 4.11. The Bertz CT molecular complexity index is 820. The zero-order chi connectivity index (χ0) is 15.8. The number of nitrogens with zero attached hydrogens (tertiary/aromatic N) is 3. The standard InChI is InChI=1S/C16H17N5O2/c1-21-9-10(8-17-21)14-11(6-7-23-14)15(22)20-16-18-12-4-2-3-5-13(12)19-16/h2-5,8-9,11,14H,6-7H2,1H3,(H2,18,19,20,22)/t11-,14+/m0/s1. The Kier molecular flexibility index (Phi) is 3.34. The molecule has 0 spiro atoms. The van der Waals surface area contributed by atoms with E-state index in [1.807, 2.05) is 37.5 Å². The summed E-state index contributed by atoms with van der Waals surface area (Å²) in [6.45, 7) is 0.567. The third kappa shape index (κ3) is 2.59. The normalized spacial score (nSPS) is 20.9. The van der Waals surface area contributed by atoms with Gasteiger partial charge in [-0.2, -0.15) is 5.10 Å². The van der Waals surface area contributed by atoms with Gasteiger partial charge in [-0.3, -0.25) is 14.8 Å². The molecule has 3 aromatic rings. The molecule has 2 atom stereocenters. The molecule has 0 aliphatic carbocycles. The van der Waals surface area contributed by atoms with Crippen LogP contribution in [0.4, 0.5) is 5.95 Å². The Morgan fingerprint density at radius 1 is 1.43 bits per heavy atom. The van der Waals surface area contributed by atoms with Crippen LogP contribution in [0, 0.1) is 5.92 Å². The first-order chi connectivity index (χ1) is 11.2. The first kappa shape index (κ1) is 14.0. The minimum Gasteiger partial charge on any atom is -0.373 e. The van der Waals surface area contributed by atoms with Crippen molar-refractivity contribution in [2.24, 2.45) is 13.0 Å². The maximum absolute atomic E-state index is 12.6. The number of carbonyl (C=O) groups is 1. The number of para-hydroxylation sites is 2. The van der Waals surface area contributed by atoms with Crippen LogP contribution in [0.5, 0.6) is 0 Å². The second kappa shape index (κ2) is 5.51. The molecule has 2 N–H and O–H groups in total. The number of hydrogen-bond acceptors (Lipinski definition) is 4. The van der Waals surface area contributed by atoms with Gasteiger partial charge < -0.3 is 9.72 Å². The highest BCUT2D eigenvalue weighted by molar-refractivity contribution is 5.93. The fourth-order valence-electron chi connectivity index (χ4n) is 3.00. The number of amides is 1. The largest absolute Gasteiger partial charge is 0.373 e.